The Labute approximate surface area is 240 Å². The largest absolute Gasteiger partial charge is 0.504 e. The van der Waals surface area contributed by atoms with Gasteiger partial charge in [-0.3, -0.25) is 0 Å². The van der Waals surface area contributed by atoms with Gasteiger partial charge in [-0.15, -0.1) is 0 Å². The Bertz CT molecular complexity index is 1740. The highest BCUT2D eigenvalue weighted by molar-refractivity contribution is 7.89. The number of ether oxygens (including phenoxy) is 2. The number of fused-ring (bicyclic) bond motifs is 5. The minimum Gasteiger partial charge on any atom is -0.504 e. The van der Waals surface area contributed by atoms with Crippen molar-refractivity contribution in [3.05, 3.63) is 71.0 Å². The molecular formula is C32H33FN2O5S. The molecule has 0 amide bonds. The summed E-state index contributed by atoms with van der Waals surface area (Å²) in [5.41, 5.74) is 4.93. The number of sulfonamides is 1. The molecule has 2 N–H and O–H groups in total. The third kappa shape index (κ3) is 4.67. The summed E-state index contributed by atoms with van der Waals surface area (Å²) in [6.07, 6.45) is 6.32. The van der Waals surface area contributed by atoms with E-state index >= 15 is 0 Å². The first kappa shape index (κ1) is 27.4. The van der Waals surface area contributed by atoms with Crippen molar-refractivity contribution in [1.29, 1.82) is 0 Å². The Balaban J connectivity index is 1.61. The molecule has 0 saturated carbocycles. The molecule has 0 aromatic heterocycles. The van der Waals surface area contributed by atoms with Gasteiger partial charge in [-0.1, -0.05) is 24.6 Å². The number of rotatable bonds is 4. The molecular weight excluding hydrogens is 543 g/mol. The van der Waals surface area contributed by atoms with Gasteiger partial charge in [0.25, 0.3) is 0 Å². The summed E-state index contributed by atoms with van der Waals surface area (Å²) in [7, 11) is -2.46. The van der Waals surface area contributed by atoms with Crippen molar-refractivity contribution >= 4 is 33.1 Å². The smallest absolute Gasteiger partial charge is 0.243 e. The Hall–Kier alpha value is -3.82. The van der Waals surface area contributed by atoms with E-state index in [4.69, 9.17) is 9.47 Å². The quantitative estimate of drug-likeness (QED) is 0.352. The predicted molar refractivity (Wildman–Crippen MR) is 159 cm³/mol. The van der Waals surface area contributed by atoms with Crippen molar-refractivity contribution in [2.75, 3.05) is 25.5 Å². The van der Waals surface area contributed by atoms with Crippen LogP contribution in [0.5, 0.6) is 17.2 Å². The third-order valence-corrected chi connectivity index (χ3v) is 9.82. The van der Waals surface area contributed by atoms with Crippen molar-refractivity contribution in [1.82, 2.24) is 4.31 Å². The number of phenols is 1. The minimum atomic E-state index is -3.95. The number of hydrogen-bond donors (Lipinski definition) is 2. The van der Waals surface area contributed by atoms with Crippen molar-refractivity contribution < 1.29 is 27.4 Å². The minimum absolute atomic E-state index is 0.0223. The van der Waals surface area contributed by atoms with Gasteiger partial charge in [-0.05, 0) is 81.2 Å². The van der Waals surface area contributed by atoms with Gasteiger partial charge in [0.1, 0.15) is 17.3 Å². The molecule has 41 heavy (non-hydrogen) atoms. The van der Waals surface area contributed by atoms with Crippen molar-refractivity contribution in [2.24, 2.45) is 0 Å². The van der Waals surface area contributed by atoms with Crippen LogP contribution in [0.3, 0.4) is 0 Å². The second-order valence-electron chi connectivity index (χ2n) is 11.3. The number of benzene rings is 3. The number of nitrogens with one attached hydrogen (secondary N) is 1. The number of anilines is 1. The first-order chi connectivity index (χ1) is 19.5. The number of methoxy groups -OCH3 is 1. The molecule has 6 rings (SSSR count). The molecule has 3 aromatic carbocycles. The van der Waals surface area contributed by atoms with E-state index in [9.17, 15) is 17.9 Å². The molecule has 0 aliphatic carbocycles. The van der Waals surface area contributed by atoms with E-state index in [1.807, 2.05) is 19.1 Å². The molecule has 0 radical (unpaired) electrons. The maximum Gasteiger partial charge on any atom is 0.243 e. The van der Waals surface area contributed by atoms with Gasteiger partial charge >= 0.3 is 0 Å². The van der Waals surface area contributed by atoms with Crippen LogP contribution in [0, 0.1) is 5.82 Å². The van der Waals surface area contributed by atoms with E-state index in [0.29, 0.717) is 35.7 Å². The zero-order valence-electron chi connectivity index (χ0n) is 23.5. The standard InChI is InChI=1S/C32H33FN2O5S/c1-19-18-32(2,3)34-23-11-10-22-29(28(19)23)26(40-25-13-12-24(36)31(39-4)30(22)25)16-20-8-9-21(33)17-27(20)41(37,38)35-14-6-5-7-15-35/h8-13,16-18,34,36H,5-7,14-15H2,1-4H3. The lowest BCUT2D eigenvalue weighted by molar-refractivity contribution is 0.346. The normalized spacial score (nSPS) is 18.9. The highest BCUT2D eigenvalue weighted by Gasteiger charge is 2.34. The number of phenolic OH excluding ortho intramolecular Hbond substituents is 1. The highest BCUT2D eigenvalue weighted by atomic mass is 32.2. The van der Waals surface area contributed by atoms with Crippen molar-refractivity contribution in [3.63, 3.8) is 0 Å². The van der Waals surface area contributed by atoms with Crippen LogP contribution in [-0.4, -0.2) is 43.6 Å². The van der Waals surface area contributed by atoms with Gasteiger partial charge in [-0.25, -0.2) is 12.8 Å². The van der Waals surface area contributed by atoms with Crippen LogP contribution in [0.15, 0.2) is 53.4 Å². The number of aromatic hydroxyl groups is 1. The first-order valence-corrected chi connectivity index (χ1v) is 15.2. The summed E-state index contributed by atoms with van der Waals surface area (Å²) in [5, 5.41) is 14.2. The summed E-state index contributed by atoms with van der Waals surface area (Å²) >= 11 is 0. The lowest BCUT2D eigenvalue weighted by atomic mass is 9.83. The van der Waals surface area contributed by atoms with E-state index in [1.165, 1.54) is 29.6 Å². The van der Waals surface area contributed by atoms with E-state index in [1.54, 1.807) is 12.1 Å². The Kier molecular flexibility index (Phi) is 6.62. The maximum atomic E-state index is 14.5. The lowest BCUT2D eigenvalue weighted by Gasteiger charge is -2.35. The van der Waals surface area contributed by atoms with E-state index in [2.05, 4.69) is 25.2 Å². The molecule has 0 bridgehead atoms. The van der Waals surface area contributed by atoms with Crippen LogP contribution >= 0.6 is 0 Å². The van der Waals surface area contributed by atoms with Crippen LogP contribution in [-0.2, 0) is 10.0 Å². The zero-order valence-corrected chi connectivity index (χ0v) is 24.4. The van der Waals surface area contributed by atoms with Gasteiger partial charge in [0.15, 0.2) is 11.5 Å². The topological polar surface area (TPSA) is 88.1 Å². The molecule has 0 unspecified atom stereocenters. The summed E-state index contributed by atoms with van der Waals surface area (Å²) in [5.74, 6) is 0.495. The van der Waals surface area contributed by atoms with Gasteiger partial charge in [0.05, 0.1) is 23.1 Å². The summed E-state index contributed by atoms with van der Waals surface area (Å²) in [6.45, 7) is 7.00. The van der Waals surface area contributed by atoms with Gasteiger partial charge in [0.2, 0.25) is 10.0 Å². The third-order valence-electron chi connectivity index (χ3n) is 7.87. The Morgan fingerprint density at radius 1 is 1.05 bits per heavy atom. The first-order valence-electron chi connectivity index (χ1n) is 13.7. The molecule has 9 heteroatoms. The fourth-order valence-electron chi connectivity index (χ4n) is 6.19. The number of halogens is 1. The van der Waals surface area contributed by atoms with E-state index in [-0.39, 0.29) is 21.9 Å². The monoisotopic (exact) mass is 576 g/mol. The van der Waals surface area contributed by atoms with Crippen LogP contribution in [0.1, 0.15) is 56.7 Å². The van der Waals surface area contributed by atoms with Gasteiger partial charge < -0.3 is 19.9 Å². The second kappa shape index (κ2) is 9.92. The highest BCUT2D eigenvalue weighted by Crippen LogP contribution is 2.54. The number of piperidine rings is 1. The SMILES string of the molecule is COc1c(O)ccc2c1-c1ccc3c(c1C(=Cc1ccc(F)cc1S(=O)(=O)N1CCCCC1)O2)C(C)=CC(C)(C)N3. The lowest BCUT2D eigenvalue weighted by Crippen LogP contribution is -2.36. The van der Waals surface area contributed by atoms with E-state index < -0.39 is 15.8 Å². The molecule has 3 aliphatic heterocycles. The molecule has 1 saturated heterocycles. The van der Waals surface area contributed by atoms with Crippen molar-refractivity contribution in [3.8, 4) is 28.4 Å². The summed E-state index contributed by atoms with van der Waals surface area (Å²) < 4.78 is 55.6. The Morgan fingerprint density at radius 3 is 2.54 bits per heavy atom. The van der Waals surface area contributed by atoms with Crippen LogP contribution < -0.4 is 14.8 Å². The number of nitrogens with zero attached hydrogens (tertiary/aromatic N) is 1. The Morgan fingerprint density at radius 2 is 1.80 bits per heavy atom. The second-order valence-corrected chi connectivity index (χ2v) is 13.2. The molecule has 3 aliphatic rings. The average molecular weight is 577 g/mol. The zero-order chi connectivity index (χ0) is 29.1. The van der Waals surface area contributed by atoms with Gasteiger partial charge in [-0.2, -0.15) is 4.31 Å². The van der Waals surface area contributed by atoms with Gasteiger partial charge in [0, 0.05) is 35.5 Å². The van der Waals surface area contributed by atoms with E-state index in [0.717, 1.165) is 53.3 Å². The predicted octanol–water partition coefficient (Wildman–Crippen LogP) is 6.88. The fraction of sp³-hybridized carbons (Fsp3) is 0.312. The number of hydrogen-bond acceptors (Lipinski definition) is 6. The fourth-order valence-corrected chi connectivity index (χ4v) is 7.89. The molecule has 0 atom stereocenters. The summed E-state index contributed by atoms with van der Waals surface area (Å²) in [4.78, 5) is -0.0949. The van der Waals surface area contributed by atoms with Crippen LogP contribution in [0.25, 0.3) is 28.5 Å². The van der Waals surface area contributed by atoms with Crippen LogP contribution in [0.4, 0.5) is 10.1 Å². The van der Waals surface area contributed by atoms with Crippen LogP contribution in [0.2, 0.25) is 0 Å². The molecule has 3 heterocycles. The summed E-state index contributed by atoms with van der Waals surface area (Å²) in [6, 6.07) is 10.9. The molecule has 7 nitrogen and oxygen atoms in total. The molecule has 1 fully saturated rings. The average Bonchev–Trinajstić information content (AvgIpc) is 2.93. The maximum absolute atomic E-state index is 14.5. The molecule has 3 aromatic rings. The van der Waals surface area contributed by atoms with Crippen molar-refractivity contribution in [2.45, 2.75) is 50.5 Å². The number of allylic oxidation sites excluding steroid dienone is 1. The molecule has 0 spiro atoms. The molecule has 214 valence electrons.